The van der Waals surface area contributed by atoms with Gasteiger partial charge in [-0.25, -0.2) is 5.84 Å². The second kappa shape index (κ2) is 6.31. The minimum absolute atomic E-state index is 0.357. The molecule has 0 spiro atoms. The highest BCUT2D eigenvalue weighted by atomic mass is 15.4. The van der Waals surface area contributed by atoms with Gasteiger partial charge in [-0.15, -0.1) is 5.10 Å². The van der Waals surface area contributed by atoms with Gasteiger partial charge in [-0.3, -0.25) is 10.1 Å². The average Bonchev–Trinajstić information content (AvgIpc) is 3.20. The third kappa shape index (κ3) is 3.34. The maximum absolute atomic E-state index is 5.42. The zero-order valence-electron chi connectivity index (χ0n) is 11.6. The first kappa shape index (κ1) is 13.5. The Morgan fingerprint density at radius 1 is 1.14 bits per heavy atom. The molecule has 1 aliphatic heterocycles. The van der Waals surface area contributed by atoms with Gasteiger partial charge in [-0.05, 0) is 12.8 Å². The molecule has 0 radical (unpaired) electrons. The molecule has 10 heteroatoms. The molecule has 10 nitrogen and oxygen atoms in total. The van der Waals surface area contributed by atoms with Gasteiger partial charge in [0.05, 0.1) is 12.7 Å². The lowest BCUT2D eigenvalue weighted by Crippen LogP contribution is -2.23. The van der Waals surface area contributed by atoms with Gasteiger partial charge in [0, 0.05) is 25.8 Å². The Kier molecular flexibility index (Phi) is 4.05. The van der Waals surface area contributed by atoms with Crippen LogP contribution in [0.3, 0.4) is 0 Å². The summed E-state index contributed by atoms with van der Waals surface area (Å²) in [6.07, 6.45) is 5.76. The van der Waals surface area contributed by atoms with Crippen molar-refractivity contribution < 1.29 is 0 Å². The molecule has 0 atom stereocenters. The van der Waals surface area contributed by atoms with Crippen LogP contribution in [-0.4, -0.2) is 49.6 Å². The van der Waals surface area contributed by atoms with Crippen LogP contribution < -0.4 is 21.5 Å². The number of rotatable bonds is 6. The molecule has 3 heterocycles. The molecule has 0 saturated carbocycles. The fourth-order valence-corrected chi connectivity index (χ4v) is 2.20. The van der Waals surface area contributed by atoms with E-state index in [0.717, 1.165) is 25.9 Å². The van der Waals surface area contributed by atoms with E-state index in [9.17, 15) is 0 Å². The normalized spacial score (nSPS) is 14.4. The molecule has 0 aliphatic carbocycles. The molecule has 1 saturated heterocycles. The van der Waals surface area contributed by atoms with Crippen molar-refractivity contribution in [3.63, 3.8) is 0 Å². The Balaban J connectivity index is 1.66. The molecule has 2 aromatic rings. The first-order valence-corrected chi connectivity index (χ1v) is 6.91. The number of nitrogens with one attached hydrogen (secondary N) is 2. The molecule has 1 aliphatic rings. The largest absolute Gasteiger partial charge is 0.352 e. The summed E-state index contributed by atoms with van der Waals surface area (Å²) in [5.41, 5.74) is 2.48. The number of nitrogens with two attached hydrogens (primary N) is 1. The van der Waals surface area contributed by atoms with E-state index < -0.39 is 0 Å². The number of aromatic nitrogens is 6. The first-order chi connectivity index (χ1) is 10.3. The van der Waals surface area contributed by atoms with Crippen molar-refractivity contribution in [3.05, 3.63) is 12.4 Å². The predicted molar refractivity (Wildman–Crippen MR) is 77.6 cm³/mol. The summed E-state index contributed by atoms with van der Waals surface area (Å²) >= 11 is 0. The van der Waals surface area contributed by atoms with Gasteiger partial charge < -0.3 is 10.2 Å². The smallest absolute Gasteiger partial charge is 0.243 e. The Labute approximate surface area is 121 Å². The van der Waals surface area contributed by atoms with Crippen molar-refractivity contribution in [2.24, 2.45) is 5.84 Å². The SMILES string of the molecule is NNc1nc(NCCn2ccnn2)nc(N2CCCC2)n1. The summed E-state index contributed by atoms with van der Waals surface area (Å²) in [5, 5.41) is 10.8. The molecule has 3 rings (SSSR count). The summed E-state index contributed by atoms with van der Waals surface area (Å²) in [4.78, 5) is 15.1. The monoisotopic (exact) mass is 290 g/mol. The highest BCUT2D eigenvalue weighted by molar-refractivity contribution is 5.43. The predicted octanol–water partition coefficient (Wildman–Crippen LogP) is -0.539. The molecule has 0 aromatic carbocycles. The molecule has 0 unspecified atom stereocenters. The quantitative estimate of drug-likeness (QED) is 0.475. The number of nitrogen functional groups attached to an aromatic ring is 1. The first-order valence-electron chi connectivity index (χ1n) is 6.91. The van der Waals surface area contributed by atoms with Crippen molar-refractivity contribution in [2.75, 3.05) is 35.3 Å². The van der Waals surface area contributed by atoms with Crippen LogP contribution in [0.25, 0.3) is 0 Å². The highest BCUT2D eigenvalue weighted by Crippen LogP contribution is 2.18. The van der Waals surface area contributed by atoms with Crippen molar-refractivity contribution in [3.8, 4) is 0 Å². The van der Waals surface area contributed by atoms with E-state index in [2.05, 4.69) is 40.9 Å². The second-order valence-electron chi connectivity index (χ2n) is 4.71. The van der Waals surface area contributed by atoms with Crippen LogP contribution in [0.4, 0.5) is 17.8 Å². The number of hydrogen-bond donors (Lipinski definition) is 3. The van der Waals surface area contributed by atoms with Gasteiger partial charge in [0.2, 0.25) is 17.8 Å². The van der Waals surface area contributed by atoms with Crippen molar-refractivity contribution >= 4 is 17.8 Å². The number of nitrogens with zero attached hydrogens (tertiary/aromatic N) is 7. The van der Waals surface area contributed by atoms with Crippen LogP contribution >= 0.6 is 0 Å². The minimum atomic E-state index is 0.357. The lowest BCUT2D eigenvalue weighted by Gasteiger charge is -2.16. The van der Waals surface area contributed by atoms with Crippen LogP contribution in [0.1, 0.15) is 12.8 Å². The van der Waals surface area contributed by atoms with Crippen LogP contribution in [0.5, 0.6) is 0 Å². The van der Waals surface area contributed by atoms with E-state index in [0.29, 0.717) is 30.9 Å². The van der Waals surface area contributed by atoms with Gasteiger partial charge in [-0.1, -0.05) is 5.21 Å². The second-order valence-corrected chi connectivity index (χ2v) is 4.71. The van der Waals surface area contributed by atoms with Crippen molar-refractivity contribution in [1.82, 2.24) is 29.9 Å². The van der Waals surface area contributed by atoms with E-state index in [1.165, 1.54) is 0 Å². The third-order valence-electron chi connectivity index (χ3n) is 3.24. The Morgan fingerprint density at radius 2 is 1.95 bits per heavy atom. The lowest BCUT2D eigenvalue weighted by molar-refractivity contribution is 0.607. The van der Waals surface area contributed by atoms with Gasteiger partial charge >= 0.3 is 0 Å². The number of hydrogen-bond acceptors (Lipinski definition) is 9. The fraction of sp³-hybridized carbons (Fsp3) is 0.545. The maximum Gasteiger partial charge on any atom is 0.243 e. The van der Waals surface area contributed by atoms with Crippen molar-refractivity contribution in [1.29, 1.82) is 0 Å². The zero-order valence-corrected chi connectivity index (χ0v) is 11.6. The van der Waals surface area contributed by atoms with Crippen LogP contribution in [0.2, 0.25) is 0 Å². The molecule has 1 fully saturated rings. The Morgan fingerprint density at radius 3 is 2.67 bits per heavy atom. The van der Waals surface area contributed by atoms with E-state index in [1.807, 2.05) is 0 Å². The van der Waals surface area contributed by atoms with E-state index >= 15 is 0 Å². The average molecular weight is 290 g/mol. The molecule has 0 amide bonds. The topological polar surface area (TPSA) is 123 Å². The Hall–Kier alpha value is -2.49. The van der Waals surface area contributed by atoms with Crippen LogP contribution in [0, 0.1) is 0 Å². The summed E-state index contributed by atoms with van der Waals surface area (Å²) in [5.74, 6) is 6.93. The molecule has 21 heavy (non-hydrogen) atoms. The van der Waals surface area contributed by atoms with Crippen LogP contribution in [-0.2, 0) is 6.54 Å². The van der Waals surface area contributed by atoms with Gasteiger partial charge in [0.1, 0.15) is 0 Å². The summed E-state index contributed by atoms with van der Waals surface area (Å²) in [6, 6.07) is 0. The lowest BCUT2D eigenvalue weighted by atomic mass is 10.4. The van der Waals surface area contributed by atoms with E-state index in [1.54, 1.807) is 17.1 Å². The van der Waals surface area contributed by atoms with Gasteiger partial charge in [0.25, 0.3) is 0 Å². The molecule has 0 bridgehead atoms. The fourth-order valence-electron chi connectivity index (χ4n) is 2.20. The summed E-state index contributed by atoms with van der Waals surface area (Å²) in [7, 11) is 0. The third-order valence-corrected chi connectivity index (χ3v) is 3.24. The molecule has 4 N–H and O–H groups in total. The molecule has 2 aromatic heterocycles. The standard InChI is InChI=1S/C11H18N10/c12-18-10-15-9(13-3-7-21-8-4-14-19-21)16-11(17-10)20-5-1-2-6-20/h4,8H,1-3,5-7,12H2,(H2,13,15,16,17,18). The highest BCUT2D eigenvalue weighted by Gasteiger charge is 2.17. The zero-order chi connectivity index (χ0) is 14.5. The minimum Gasteiger partial charge on any atom is -0.352 e. The van der Waals surface area contributed by atoms with Gasteiger partial charge in [0.15, 0.2) is 0 Å². The Bertz CT molecular complexity index is 562. The number of anilines is 3. The maximum atomic E-state index is 5.42. The number of hydrazine groups is 1. The van der Waals surface area contributed by atoms with E-state index in [-0.39, 0.29) is 0 Å². The molecular weight excluding hydrogens is 272 g/mol. The molecule has 112 valence electrons. The summed E-state index contributed by atoms with van der Waals surface area (Å²) < 4.78 is 1.73. The van der Waals surface area contributed by atoms with Crippen LogP contribution in [0.15, 0.2) is 12.4 Å². The van der Waals surface area contributed by atoms with Crippen molar-refractivity contribution in [2.45, 2.75) is 19.4 Å². The van der Waals surface area contributed by atoms with Gasteiger partial charge in [-0.2, -0.15) is 15.0 Å². The van der Waals surface area contributed by atoms with E-state index in [4.69, 9.17) is 5.84 Å². The molecular formula is C11H18N10. The summed E-state index contributed by atoms with van der Waals surface area (Å²) in [6.45, 7) is 3.24.